The number of benzene rings is 2. The summed E-state index contributed by atoms with van der Waals surface area (Å²) in [6, 6.07) is 13.2. The first-order valence-electron chi connectivity index (χ1n) is 8.85. The summed E-state index contributed by atoms with van der Waals surface area (Å²) in [7, 11) is -2.07. The molecule has 27 heavy (non-hydrogen) atoms. The molecule has 0 saturated carbocycles. The van der Waals surface area contributed by atoms with E-state index in [-0.39, 0.29) is 14.5 Å². The van der Waals surface area contributed by atoms with Crippen LogP contribution in [-0.2, 0) is 0 Å². The van der Waals surface area contributed by atoms with Gasteiger partial charge in [-0.3, -0.25) is 0 Å². The van der Waals surface area contributed by atoms with Gasteiger partial charge in [0.25, 0.3) is 0 Å². The van der Waals surface area contributed by atoms with Crippen LogP contribution in [0.4, 0.5) is 5.69 Å². The van der Waals surface area contributed by atoms with Crippen molar-refractivity contribution in [1.82, 2.24) is 0 Å². The van der Waals surface area contributed by atoms with E-state index in [1.165, 1.54) is 23.7 Å². The molecular weight excluding hydrogens is 549 g/mol. The number of phenolic OH excluding ortho intramolecular Hbond substituents is 1. The molecule has 1 atom stereocenters. The molecule has 1 aliphatic rings. The van der Waals surface area contributed by atoms with Gasteiger partial charge in [0.15, 0.2) is 0 Å². The first-order chi connectivity index (χ1) is 12.8. The van der Waals surface area contributed by atoms with E-state index in [0.717, 1.165) is 33.2 Å². The molecule has 1 aliphatic heterocycles. The fraction of sp³-hybridized carbons (Fsp3) is 0.190. The van der Waals surface area contributed by atoms with Crippen LogP contribution < -0.4 is 20.9 Å². The van der Waals surface area contributed by atoms with E-state index in [4.69, 9.17) is 4.99 Å². The van der Waals surface area contributed by atoms with Crippen LogP contribution in [0, 0.1) is 0 Å². The van der Waals surface area contributed by atoms with Gasteiger partial charge in [0, 0.05) is 0 Å². The Morgan fingerprint density at radius 3 is 2.63 bits per heavy atom. The van der Waals surface area contributed by atoms with Crippen LogP contribution in [0.1, 0.15) is 13.3 Å². The van der Waals surface area contributed by atoms with Gasteiger partial charge in [-0.25, -0.2) is 0 Å². The van der Waals surface area contributed by atoms with E-state index >= 15 is 0 Å². The van der Waals surface area contributed by atoms with Crippen molar-refractivity contribution in [2.45, 2.75) is 25.9 Å². The Kier molecular flexibility index (Phi) is 5.15. The second kappa shape index (κ2) is 7.16. The summed E-state index contributed by atoms with van der Waals surface area (Å²) in [4.78, 5) is 4.98. The number of nitrogens with zero attached hydrogens (tertiary/aromatic N) is 1. The third-order valence-electron chi connectivity index (χ3n) is 5.28. The van der Waals surface area contributed by atoms with Gasteiger partial charge in [-0.1, -0.05) is 0 Å². The van der Waals surface area contributed by atoms with Gasteiger partial charge >= 0.3 is 184 Å². The molecule has 138 valence electrons. The summed E-state index contributed by atoms with van der Waals surface area (Å²) in [6.45, 7) is 9.04. The van der Waals surface area contributed by atoms with Crippen LogP contribution in [0.15, 0.2) is 49.2 Å². The Balaban J connectivity index is 2.14. The number of fused-ring (bicyclic) bond motifs is 2. The molecule has 0 bridgehead atoms. The topological polar surface area (TPSA) is 32.6 Å². The molecule has 0 radical (unpaired) electrons. The van der Waals surface area contributed by atoms with Gasteiger partial charge in [0.1, 0.15) is 0 Å². The van der Waals surface area contributed by atoms with Crippen molar-refractivity contribution in [3.63, 3.8) is 0 Å². The monoisotopic (exact) mass is 567 g/mol. The Labute approximate surface area is 182 Å². The van der Waals surface area contributed by atoms with Crippen LogP contribution in [0.25, 0.3) is 16.6 Å². The number of phenols is 1. The molecule has 2 heterocycles. The van der Waals surface area contributed by atoms with Gasteiger partial charge in [0.05, 0.1) is 0 Å². The third-order valence-corrected chi connectivity index (χ3v) is 15.0. The molecule has 6 heteroatoms. The molecule has 2 aromatic carbocycles. The average Bonchev–Trinajstić information content (AvgIpc) is 2.95. The predicted molar refractivity (Wildman–Crippen MR) is 124 cm³/mol. The van der Waals surface area contributed by atoms with Crippen LogP contribution in [0.5, 0.6) is 5.75 Å². The summed E-state index contributed by atoms with van der Waals surface area (Å²) in [5.41, 5.74) is 2.29. The molecule has 0 spiro atoms. The van der Waals surface area contributed by atoms with Crippen LogP contribution >= 0.6 is 31.9 Å². The minimum absolute atomic E-state index is 0.223. The van der Waals surface area contributed by atoms with Crippen molar-refractivity contribution < 1.29 is 5.11 Å². The average molecular weight is 568 g/mol. The quantitative estimate of drug-likeness (QED) is 0.478. The summed E-state index contributed by atoms with van der Waals surface area (Å²) >= 11 is 7.59. The summed E-state index contributed by atoms with van der Waals surface area (Å²) in [6.07, 6.45) is 1.11. The SMILES string of the molecule is C=c1ccc2c(c1-c1cc(Br)c(Br)[se]1)[Si](C)(CCC)c1cc(O)ccc1N=2. The first-order valence-corrected chi connectivity index (χ1v) is 14.9. The maximum absolute atomic E-state index is 10.2. The minimum atomic E-state index is -2.07. The predicted octanol–water partition coefficient (Wildman–Crippen LogP) is 3.92. The second-order valence-corrected chi connectivity index (χ2v) is 16.4. The van der Waals surface area contributed by atoms with Crippen molar-refractivity contribution in [2.75, 3.05) is 0 Å². The zero-order valence-corrected chi connectivity index (χ0v) is 21.0. The number of halogens is 2. The fourth-order valence-corrected chi connectivity index (χ4v) is 12.7. The van der Waals surface area contributed by atoms with Crippen LogP contribution in [0.3, 0.4) is 0 Å². The van der Waals surface area contributed by atoms with Crippen molar-refractivity contribution in [3.05, 3.63) is 54.8 Å². The molecule has 0 saturated heterocycles. The van der Waals surface area contributed by atoms with E-state index < -0.39 is 8.07 Å². The Bertz CT molecular complexity index is 1150. The molecule has 3 aromatic rings. The van der Waals surface area contributed by atoms with E-state index in [9.17, 15) is 5.11 Å². The third kappa shape index (κ3) is 3.16. The molecule has 4 rings (SSSR count). The molecule has 0 amide bonds. The Morgan fingerprint density at radius 1 is 1.19 bits per heavy atom. The van der Waals surface area contributed by atoms with Crippen molar-refractivity contribution >= 4 is 77.1 Å². The second-order valence-electron chi connectivity index (χ2n) is 7.12. The Morgan fingerprint density at radius 2 is 1.96 bits per heavy atom. The standard InChI is InChI=1S/C21H19Br2NOSeSi/c1-4-9-27(3)18-10-13(25)6-8-15(18)24-16-7-5-12(2)19(20(16)27)17-11-14(22)21(23)26-17/h5-8,10-11,25H,2,4,9H2,1,3H3. The van der Waals surface area contributed by atoms with Gasteiger partial charge in [0.2, 0.25) is 0 Å². The zero-order chi connectivity index (χ0) is 19.3. The number of aromatic hydroxyl groups is 1. The van der Waals surface area contributed by atoms with Crippen molar-refractivity contribution in [1.29, 1.82) is 0 Å². The molecule has 0 aliphatic carbocycles. The van der Waals surface area contributed by atoms with Crippen LogP contribution in [-0.4, -0.2) is 27.7 Å². The van der Waals surface area contributed by atoms with Gasteiger partial charge in [-0.15, -0.1) is 0 Å². The first kappa shape index (κ1) is 19.4. The molecule has 2 nitrogen and oxygen atoms in total. The number of hydrogen-bond donors (Lipinski definition) is 1. The zero-order valence-electron chi connectivity index (χ0n) is 15.1. The van der Waals surface area contributed by atoms with E-state index in [1.807, 2.05) is 12.1 Å². The summed E-state index contributed by atoms with van der Waals surface area (Å²) in [5.74, 6) is 0.325. The van der Waals surface area contributed by atoms with Crippen LogP contribution in [0.2, 0.25) is 12.6 Å². The number of rotatable bonds is 3. The van der Waals surface area contributed by atoms with Crippen molar-refractivity contribution in [2.24, 2.45) is 4.99 Å². The normalized spacial score (nSPS) is 17.9. The molecule has 1 unspecified atom stereocenters. The summed E-state index contributed by atoms with van der Waals surface area (Å²) in [5, 5.41) is 14.9. The number of hydrogen-bond acceptors (Lipinski definition) is 2. The Hall–Kier alpha value is -0.914. The fourth-order valence-electron chi connectivity index (χ4n) is 4.13. The van der Waals surface area contributed by atoms with Gasteiger partial charge < -0.3 is 0 Å². The molecule has 0 fully saturated rings. The summed E-state index contributed by atoms with van der Waals surface area (Å²) < 4.78 is 3.70. The molecule has 1 aromatic heterocycles. The van der Waals surface area contributed by atoms with Crippen molar-refractivity contribution in [3.8, 4) is 15.8 Å². The van der Waals surface area contributed by atoms with E-state index in [2.05, 4.69) is 70.1 Å². The van der Waals surface area contributed by atoms with Gasteiger partial charge in [-0.05, 0) is 0 Å². The molecule has 1 N–H and O–H groups in total. The van der Waals surface area contributed by atoms with E-state index in [1.54, 1.807) is 6.07 Å². The van der Waals surface area contributed by atoms with E-state index in [0.29, 0.717) is 5.75 Å². The van der Waals surface area contributed by atoms with Gasteiger partial charge in [-0.2, -0.15) is 0 Å². The maximum atomic E-state index is 10.2. The molecular formula is C21H19Br2NOSeSi.